The highest BCUT2D eigenvalue weighted by atomic mass is 19.4. The molecule has 0 fully saturated rings. The molecule has 0 saturated heterocycles. The van der Waals surface area contributed by atoms with Crippen molar-refractivity contribution in [2.75, 3.05) is 13.2 Å². The number of fused-ring (bicyclic) bond motifs is 2. The minimum Gasteiger partial charge on any atom is -0.489 e. The molecular weight excluding hydrogens is 607 g/mol. The van der Waals surface area contributed by atoms with E-state index in [4.69, 9.17) is 9.72 Å². The highest BCUT2D eigenvalue weighted by Gasteiger charge is 2.41. The van der Waals surface area contributed by atoms with Crippen LogP contribution in [-0.2, 0) is 25.7 Å². The van der Waals surface area contributed by atoms with Gasteiger partial charge in [0, 0.05) is 25.0 Å². The van der Waals surface area contributed by atoms with E-state index in [0.717, 1.165) is 78.8 Å². The Hall–Kier alpha value is -5.03. The van der Waals surface area contributed by atoms with E-state index in [9.17, 15) is 23.1 Å². The molecule has 0 bridgehead atoms. The van der Waals surface area contributed by atoms with Crippen LogP contribution in [0.25, 0.3) is 22.3 Å². The summed E-state index contributed by atoms with van der Waals surface area (Å²) in [4.78, 5) is 23.2. The van der Waals surface area contributed by atoms with Crippen molar-refractivity contribution in [2.24, 2.45) is 0 Å². The molecular formula is C36H32F3N5O3. The predicted molar refractivity (Wildman–Crippen MR) is 170 cm³/mol. The van der Waals surface area contributed by atoms with Gasteiger partial charge in [-0.2, -0.15) is 18.3 Å². The van der Waals surface area contributed by atoms with Crippen molar-refractivity contribution in [3.63, 3.8) is 0 Å². The Bertz CT molecular complexity index is 2000. The van der Waals surface area contributed by atoms with Gasteiger partial charge in [0.2, 0.25) is 0 Å². The van der Waals surface area contributed by atoms with E-state index < -0.39 is 23.4 Å². The molecule has 11 heteroatoms. The van der Waals surface area contributed by atoms with E-state index in [1.165, 1.54) is 17.2 Å². The van der Waals surface area contributed by atoms with E-state index in [-0.39, 0.29) is 5.82 Å². The maximum Gasteiger partial charge on any atom is 0.434 e. The molecule has 2 aromatic carbocycles. The van der Waals surface area contributed by atoms with Crippen LogP contribution in [-0.4, -0.2) is 48.9 Å². The molecule has 0 amide bonds. The SMILES string of the molecule is O=C(O)c1cnn(-c2cccc(C3=C(COc4ccc5c(c4)CCN(Cc4ccc6ccccc6n4)C5)CCCC3)n2)c1C(F)(F)F. The van der Waals surface area contributed by atoms with Gasteiger partial charge in [-0.1, -0.05) is 36.4 Å². The van der Waals surface area contributed by atoms with E-state index in [2.05, 4.69) is 45.3 Å². The smallest absolute Gasteiger partial charge is 0.434 e. The van der Waals surface area contributed by atoms with Gasteiger partial charge in [-0.15, -0.1) is 0 Å². The molecule has 7 rings (SSSR count). The second-order valence-electron chi connectivity index (χ2n) is 12.0. The number of allylic oxidation sites excluding steroid dienone is 1. The summed E-state index contributed by atoms with van der Waals surface area (Å²) in [6.07, 6.45) is 0.0988. The first-order valence-electron chi connectivity index (χ1n) is 15.6. The number of aromatic carboxylic acids is 1. The predicted octanol–water partition coefficient (Wildman–Crippen LogP) is 7.50. The molecule has 2 aliphatic rings. The van der Waals surface area contributed by atoms with Crippen LogP contribution in [0.5, 0.6) is 5.75 Å². The summed E-state index contributed by atoms with van der Waals surface area (Å²) >= 11 is 0. The normalized spacial score (nSPS) is 15.6. The lowest BCUT2D eigenvalue weighted by molar-refractivity contribution is -0.143. The number of nitrogens with zero attached hydrogens (tertiary/aromatic N) is 5. The molecule has 1 aliphatic carbocycles. The fourth-order valence-electron chi connectivity index (χ4n) is 6.51. The number of carboxylic acid groups (broad SMARTS) is 1. The van der Waals surface area contributed by atoms with Crippen molar-refractivity contribution in [3.8, 4) is 11.6 Å². The van der Waals surface area contributed by atoms with Crippen LogP contribution in [0.3, 0.4) is 0 Å². The van der Waals surface area contributed by atoms with Gasteiger partial charge in [0.1, 0.15) is 17.9 Å². The molecule has 1 N–H and O–H groups in total. The van der Waals surface area contributed by atoms with Crippen LogP contribution in [0.4, 0.5) is 13.2 Å². The molecule has 8 nitrogen and oxygen atoms in total. The third-order valence-corrected chi connectivity index (χ3v) is 8.83. The molecule has 0 radical (unpaired) electrons. The number of halogens is 3. The van der Waals surface area contributed by atoms with Crippen molar-refractivity contribution in [1.29, 1.82) is 0 Å². The Balaban J connectivity index is 1.06. The van der Waals surface area contributed by atoms with Crippen LogP contribution in [0, 0.1) is 0 Å². The summed E-state index contributed by atoms with van der Waals surface area (Å²) in [7, 11) is 0. The lowest BCUT2D eigenvalue weighted by atomic mass is 9.90. The number of hydrogen-bond donors (Lipinski definition) is 1. The Morgan fingerprint density at radius 2 is 1.77 bits per heavy atom. The van der Waals surface area contributed by atoms with Crippen LogP contribution in [0.15, 0.2) is 84.6 Å². The summed E-state index contributed by atoms with van der Waals surface area (Å²) < 4.78 is 48.4. The maximum atomic E-state index is 13.8. The number of benzene rings is 2. The first-order chi connectivity index (χ1) is 22.7. The van der Waals surface area contributed by atoms with Gasteiger partial charge in [0.25, 0.3) is 0 Å². The molecule has 0 atom stereocenters. The average Bonchev–Trinajstić information content (AvgIpc) is 3.55. The summed E-state index contributed by atoms with van der Waals surface area (Å²) in [5.74, 6) is -1.02. The largest absolute Gasteiger partial charge is 0.489 e. The number of hydrogen-bond acceptors (Lipinski definition) is 6. The molecule has 0 saturated carbocycles. The topological polar surface area (TPSA) is 93.4 Å². The van der Waals surface area contributed by atoms with Gasteiger partial charge in [-0.3, -0.25) is 9.88 Å². The van der Waals surface area contributed by atoms with E-state index >= 15 is 0 Å². The number of alkyl halides is 3. The van der Waals surface area contributed by atoms with Gasteiger partial charge in [-0.25, -0.2) is 14.5 Å². The standard InChI is InChI=1S/C36H32F3N5O3/c37-36(38,39)34-30(35(45)46)19-40-44(34)33-11-5-10-32(42-33)29-8-3-1-7-26(29)22-47-28-15-13-25-20-43(17-16-24(25)18-28)21-27-14-12-23-6-2-4-9-31(23)41-27/h2,4-6,9-15,18-19H,1,3,7-8,16-17,20-22H2,(H,45,46). The van der Waals surface area contributed by atoms with Gasteiger partial charge >= 0.3 is 12.1 Å². The highest BCUT2D eigenvalue weighted by molar-refractivity contribution is 5.89. The van der Waals surface area contributed by atoms with Crippen LogP contribution in [0.1, 0.15) is 64.2 Å². The number of pyridine rings is 2. The fraction of sp³-hybridized carbons (Fsp3) is 0.278. The first-order valence-corrected chi connectivity index (χ1v) is 15.6. The molecule has 5 aromatic rings. The van der Waals surface area contributed by atoms with Crippen LogP contribution < -0.4 is 4.74 Å². The monoisotopic (exact) mass is 639 g/mol. The van der Waals surface area contributed by atoms with Crippen molar-refractivity contribution in [2.45, 2.75) is 51.4 Å². The zero-order valence-electron chi connectivity index (χ0n) is 25.5. The van der Waals surface area contributed by atoms with E-state index in [1.807, 2.05) is 24.3 Å². The molecule has 3 aromatic heterocycles. The minimum atomic E-state index is -4.92. The Morgan fingerprint density at radius 3 is 2.62 bits per heavy atom. The zero-order valence-corrected chi connectivity index (χ0v) is 25.5. The number of carboxylic acids is 1. The van der Waals surface area contributed by atoms with Crippen LogP contribution >= 0.6 is 0 Å². The number of carbonyl (C=O) groups is 1. The third-order valence-electron chi connectivity index (χ3n) is 8.83. The van der Waals surface area contributed by atoms with Crippen molar-refractivity contribution < 1.29 is 27.8 Å². The molecule has 47 heavy (non-hydrogen) atoms. The summed E-state index contributed by atoms with van der Waals surface area (Å²) in [6, 6.07) is 23.4. The van der Waals surface area contributed by atoms with E-state index in [1.54, 1.807) is 12.1 Å². The van der Waals surface area contributed by atoms with Crippen molar-refractivity contribution in [1.82, 2.24) is 24.6 Å². The summed E-state index contributed by atoms with van der Waals surface area (Å²) in [6.45, 7) is 2.88. The average molecular weight is 640 g/mol. The maximum absolute atomic E-state index is 13.8. The quantitative estimate of drug-likeness (QED) is 0.188. The Labute approximate surface area is 269 Å². The van der Waals surface area contributed by atoms with Crippen molar-refractivity contribution in [3.05, 3.63) is 118 Å². The third kappa shape index (κ3) is 6.48. The Morgan fingerprint density at radius 1 is 0.915 bits per heavy atom. The fourth-order valence-corrected chi connectivity index (χ4v) is 6.51. The summed E-state index contributed by atoms with van der Waals surface area (Å²) in [5.41, 5.74) is 4.83. The van der Waals surface area contributed by atoms with Gasteiger partial charge in [0.15, 0.2) is 11.5 Å². The number of ether oxygens (including phenoxy) is 1. The minimum absolute atomic E-state index is 0.0965. The van der Waals surface area contributed by atoms with Gasteiger partial charge in [-0.05, 0) is 90.8 Å². The molecule has 240 valence electrons. The second-order valence-corrected chi connectivity index (χ2v) is 12.0. The highest BCUT2D eigenvalue weighted by Crippen LogP contribution is 2.36. The number of rotatable bonds is 8. The lowest BCUT2D eigenvalue weighted by Crippen LogP contribution is -2.30. The van der Waals surface area contributed by atoms with Gasteiger partial charge < -0.3 is 9.84 Å². The van der Waals surface area contributed by atoms with Crippen molar-refractivity contribution >= 4 is 22.4 Å². The number of aromatic nitrogens is 4. The van der Waals surface area contributed by atoms with Gasteiger partial charge in [0.05, 0.1) is 23.1 Å². The Kier molecular flexibility index (Phi) is 8.23. The lowest BCUT2D eigenvalue weighted by Gasteiger charge is -2.29. The van der Waals surface area contributed by atoms with E-state index in [0.29, 0.717) is 29.6 Å². The molecule has 0 spiro atoms. The number of para-hydroxylation sites is 1. The molecule has 4 heterocycles. The zero-order chi connectivity index (χ0) is 32.5. The molecule has 0 unspecified atom stereocenters. The first kappa shape index (κ1) is 30.6. The second kappa shape index (κ2) is 12.6. The molecule has 1 aliphatic heterocycles. The summed E-state index contributed by atoms with van der Waals surface area (Å²) in [5, 5.41) is 14.2. The van der Waals surface area contributed by atoms with Crippen LogP contribution in [0.2, 0.25) is 0 Å².